The lowest BCUT2D eigenvalue weighted by molar-refractivity contribution is 0.102. The zero-order valence-electron chi connectivity index (χ0n) is 9.88. The Kier molecular flexibility index (Phi) is 4.01. The highest BCUT2D eigenvalue weighted by molar-refractivity contribution is 8.13. The van der Waals surface area contributed by atoms with Crippen LogP contribution < -0.4 is 5.32 Å². The van der Waals surface area contributed by atoms with E-state index in [2.05, 4.69) is 10.3 Å². The van der Waals surface area contributed by atoms with Crippen LogP contribution in [0.2, 0.25) is 0 Å². The van der Waals surface area contributed by atoms with E-state index in [4.69, 9.17) is 10.7 Å². The fraction of sp³-hybridized carbons (Fsp3) is 0. The average Bonchev–Trinajstić information content (AvgIpc) is 2.41. The fourth-order valence-electron chi connectivity index (χ4n) is 1.44. The lowest BCUT2D eigenvalue weighted by Gasteiger charge is -2.07. The van der Waals surface area contributed by atoms with Gasteiger partial charge in [0.25, 0.3) is 15.0 Å². The van der Waals surface area contributed by atoms with E-state index >= 15 is 0 Å². The molecule has 0 aliphatic carbocycles. The molecular weight excluding hydrogens is 307 g/mol. The summed E-state index contributed by atoms with van der Waals surface area (Å²) in [5.74, 6) is -1.46. The highest BCUT2D eigenvalue weighted by Crippen LogP contribution is 2.21. The third kappa shape index (κ3) is 3.31. The van der Waals surface area contributed by atoms with Gasteiger partial charge in [0.1, 0.15) is 5.82 Å². The monoisotopic (exact) mass is 314 g/mol. The minimum absolute atomic E-state index is 0.150. The molecule has 0 unspecified atom stereocenters. The quantitative estimate of drug-likeness (QED) is 0.883. The van der Waals surface area contributed by atoms with Crippen molar-refractivity contribution in [2.75, 3.05) is 5.32 Å². The summed E-state index contributed by atoms with van der Waals surface area (Å²) in [4.78, 5) is 15.2. The molecule has 0 fully saturated rings. The summed E-state index contributed by atoms with van der Waals surface area (Å²) < 4.78 is 35.8. The molecule has 8 heteroatoms. The van der Waals surface area contributed by atoms with Crippen molar-refractivity contribution in [1.82, 2.24) is 4.98 Å². The molecule has 1 aromatic heterocycles. The Morgan fingerprint density at radius 3 is 2.60 bits per heavy atom. The van der Waals surface area contributed by atoms with Gasteiger partial charge in [0.15, 0.2) is 0 Å². The van der Waals surface area contributed by atoms with Gasteiger partial charge < -0.3 is 5.32 Å². The van der Waals surface area contributed by atoms with Gasteiger partial charge in [-0.15, -0.1) is 0 Å². The Morgan fingerprint density at radius 2 is 2.05 bits per heavy atom. The van der Waals surface area contributed by atoms with Gasteiger partial charge in [0, 0.05) is 23.1 Å². The number of carbonyl (C=O) groups excluding carboxylic acids is 1. The second-order valence-electron chi connectivity index (χ2n) is 3.78. The highest BCUT2D eigenvalue weighted by Gasteiger charge is 2.15. The summed E-state index contributed by atoms with van der Waals surface area (Å²) in [5, 5.41) is 2.31. The van der Waals surface area contributed by atoms with Crippen LogP contribution in [0.3, 0.4) is 0 Å². The van der Waals surface area contributed by atoms with Gasteiger partial charge in [-0.1, -0.05) is 0 Å². The van der Waals surface area contributed by atoms with Crippen LogP contribution in [0.25, 0.3) is 0 Å². The number of benzene rings is 1. The first-order chi connectivity index (χ1) is 9.38. The molecule has 104 valence electrons. The summed E-state index contributed by atoms with van der Waals surface area (Å²) in [6, 6.07) is 6.04. The van der Waals surface area contributed by atoms with Crippen molar-refractivity contribution in [3.63, 3.8) is 0 Å². The molecule has 0 saturated carbocycles. The maximum Gasteiger partial charge on any atom is 0.261 e. The Morgan fingerprint density at radius 1 is 1.30 bits per heavy atom. The summed E-state index contributed by atoms with van der Waals surface area (Å²) >= 11 is 0. The van der Waals surface area contributed by atoms with Crippen LogP contribution in [0.1, 0.15) is 10.4 Å². The van der Waals surface area contributed by atoms with E-state index in [1.807, 2.05) is 0 Å². The van der Waals surface area contributed by atoms with Crippen LogP contribution in [-0.2, 0) is 9.05 Å². The van der Waals surface area contributed by atoms with Gasteiger partial charge in [0.2, 0.25) is 0 Å². The molecule has 0 spiro atoms. The second kappa shape index (κ2) is 5.56. The predicted octanol–water partition coefficient (Wildman–Crippen LogP) is 2.40. The average molecular weight is 315 g/mol. The molecular formula is C12H8ClFN2O3S. The number of nitrogens with zero attached hydrogens (tertiary/aromatic N) is 1. The van der Waals surface area contributed by atoms with Crippen molar-refractivity contribution in [1.29, 1.82) is 0 Å². The molecule has 5 nitrogen and oxygen atoms in total. The summed E-state index contributed by atoms with van der Waals surface area (Å²) in [5.41, 5.74) is 0.101. The third-order valence-electron chi connectivity index (χ3n) is 2.39. The fourth-order valence-corrected chi connectivity index (χ4v) is 2.20. The largest absolute Gasteiger partial charge is 0.319 e. The highest BCUT2D eigenvalue weighted by atomic mass is 35.7. The van der Waals surface area contributed by atoms with Crippen LogP contribution in [0.15, 0.2) is 47.6 Å². The van der Waals surface area contributed by atoms with E-state index in [9.17, 15) is 17.6 Å². The molecule has 20 heavy (non-hydrogen) atoms. The molecule has 1 heterocycles. The van der Waals surface area contributed by atoms with Crippen molar-refractivity contribution in [3.05, 3.63) is 54.1 Å². The minimum Gasteiger partial charge on any atom is -0.319 e. The third-order valence-corrected chi connectivity index (χ3v) is 3.75. The number of pyridine rings is 1. The number of nitrogens with one attached hydrogen (secondary N) is 1. The van der Waals surface area contributed by atoms with Crippen molar-refractivity contribution in [2.24, 2.45) is 0 Å². The van der Waals surface area contributed by atoms with Gasteiger partial charge in [-0.05, 0) is 30.3 Å². The van der Waals surface area contributed by atoms with E-state index in [0.717, 1.165) is 18.2 Å². The predicted molar refractivity (Wildman–Crippen MR) is 71.6 cm³/mol. The Balaban J connectivity index is 2.25. The zero-order chi connectivity index (χ0) is 14.8. The van der Waals surface area contributed by atoms with Crippen molar-refractivity contribution in [3.8, 4) is 0 Å². The smallest absolute Gasteiger partial charge is 0.261 e. The molecule has 1 aromatic carbocycles. The summed E-state index contributed by atoms with van der Waals surface area (Å²) in [7, 11) is 1.08. The van der Waals surface area contributed by atoms with Crippen molar-refractivity contribution < 1.29 is 17.6 Å². The molecule has 0 aliphatic rings. The number of anilines is 1. The Hall–Kier alpha value is -1.99. The van der Waals surface area contributed by atoms with E-state index in [-0.39, 0.29) is 16.1 Å². The SMILES string of the molecule is O=C(Nc1ccc(S(=O)(=O)Cl)cc1F)c1cccnc1. The van der Waals surface area contributed by atoms with Crippen LogP contribution in [0.5, 0.6) is 0 Å². The number of aromatic nitrogens is 1. The molecule has 0 radical (unpaired) electrons. The Labute approximate surface area is 118 Å². The van der Waals surface area contributed by atoms with Gasteiger partial charge in [-0.2, -0.15) is 0 Å². The molecule has 1 amide bonds. The lowest BCUT2D eigenvalue weighted by atomic mass is 10.2. The van der Waals surface area contributed by atoms with Gasteiger partial charge in [0.05, 0.1) is 16.1 Å². The molecule has 0 aliphatic heterocycles. The molecule has 0 saturated heterocycles. The number of hydrogen-bond acceptors (Lipinski definition) is 4. The first-order valence-corrected chi connectivity index (χ1v) is 7.64. The standard InChI is InChI=1S/C12H8ClFN2O3S/c13-20(18,19)9-3-4-11(10(14)6-9)16-12(17)8-2-1-5-15-7-8/h1-7H,(H,16,17). The van der Waals surface area contributed by atoms with Crippen LogP contribution in [0, 0.1) is 5.82 Å². The van der Waals surface area contributed by atoms with Gasteiger partial charge in [-0.3, -0.25) is 9.78 Å². The molecule has 2 rings (SSSR count). The van der Waals surface area contributed by atoms with Crippen molar-refractivity contribution in [2.45, 2.75) is 4.90 Å². The zero-order valence-corrected chi connectivity index (χ0v) is 11.5. The van der Waals surface area contributed by atoms with Crippen LogP contribution >= 0.6 is 10.7 Å². The molecule has 2 aromatic rings. The maximum atomic E-state index is 13.7. The molecule has 0 atom stereocenters. The van der Waals surface area contributed by atoms with E-state index in [1.54, 1.807) is 6.07 Å². The van der Waals surface area contributed by atoms with Gasteiger partial charge >= 0.3 is 0 Å². The number of rotatable bonds is 3. The number of hydrogen-bond donors (Lipinski definition) is 1. The number of halogens is 2. The van der Waals surface area contributed by atoms with Crippen molar-refractivity contribution >= 4 is 31.3 Å². The van der Waals surface area contributed by atoms with Gasteiger partial charge in [-0.25, -0.2) is 12.8 Å². The molecule has 0 bridgehead atoms. The number of carbonyl (C=O) groups is 1. The maximum absolute atomic E-state index is 13.7. The first kappa shape index (κ1) is 14.4. The normalized spacial score (nSPS) is 11.1. The Bertz CT molecular complexity index is 751. The van der Waals surface area contributed by atoms with E-state index < -0.39 is 20.8 Å². The first-order valence-electron chi connectivity index (χ1n) is 5.33. The summed E-state index contributed by atoms with van der Waals surface area (Å²) in [6.07, 6.45) is 2.82. The topological polar surface area (TPSA) is 76.1 Å². The lowest BCUT2D eigenvalue weighted by Crippen LogP contribution is -2.13. The number of amides is 1. The second-order valence-corrected chi connectivity index (χ2v) is 6.34. The van der Waals surface area contributed by atoms with E-state index in [1.165, 1.54) is 18.5 Å². The van der Waals surface area contributed by atoms with Crippen LogP contribution in [-0.4, -0.2) is 19.3 Å². The summed E-state index contributed by atoms with van der Waals surface area (Å²) in [6.45, 7) is 0. The minimum atomic E-state index is -4.01. The molecule has 1 N–H and O–H groups in total. The van der Waals surface area contributed by atoms with E-state index in [0.29, 0.717) is 0 Å². The van der Waals surface area contributed by atoms with Crippen LogP contribution in [0.4, 0.5) is 10.1 Å².